The van der Waals surface area contributed by atoms with Crippen LogP contribution < -0.4 is 0 Å². The summed E-state index contributed by atoms with van der Waals surface area (Å²) in [6, 6.07) is 0. The van der Waals surface area contributed by atoms with Crippen molar-refractivity contribution in [2.45, 2.75) is 406 Å². The van der Waals surface area contributed by atoms with Crippen molar-refractivity contribution in [3.8, 4) is 0 Å². The van der Waals surface area contributed by atoms with Gasteiger partial charge in [-0.05, 0) is 83.5 Å². The number of rotatable bonds is 68. The first kappa shape index (κ1) is 79.4. The van der Waals surface area contributed by atoms with Gasteiger partial charge >= 0.3 is 17.9 Å². The van der Waals surface area contributed by atoms with Gasteiger partial charge < -0.3 is 14.2 Å². The highest BCUT2D eigenvalue weighted by Gasteiger charge is 2.19. The molecule has 6 nitrogen and oxygen atoms in total. The van der Waals surface area contributed by atoms with Gasteiger partial charge in [-0.25, -0.2) is 0 Å². The topological polar surface area (TPSA) is 78.9 Å². The van der Waals surface area contributed by atoms with Crippen LogP contribution in [-0.2, 0) is 28.6 Å². The molecule has 0 aliphatic carbocycles. The highest BCUT2D eigenvalue weighted by molar-refractivity contribution is 5.71. The number of carbonyl (C=O) groups is 3. The predicted molar refractivity (Wildman–Crippen MR) is 358 cm³/mol. The standard InChI is InChI=1S/C76H140O6/c1-4-7-10-13-16-18-20-22-24-26-28-30-32-34-36-37-38-39-41-42-44-46-48-50-52-54-56-58-60-63-66-69-75(78)81-72-73(71-80-74(77)68-65-62-15-12-9-6-3)82-76(79)70-67-64-61-59-57-55-53-51-49-47-45-43-40-35-33-31-29-27-25-23-21-19-17-14-11-8-5-2/h20-23,26-29,73H,4-19,24-25,30-72H2,1-3H3/b22-20-,23-21-,28-26-,29-27-. The lowest BCUT2D eigenvalue weighted by Gasteiger charge is -2.18. The van der Waals surface area contributed by atoms with Gasteiger partial charge in [-0.3, -0.25) is 14.4 Å². The highest BCUT2D eigenvalue weighted by Crippen LogP contribution is 2.18. The molecule has 0 aromatic rings. The Bertz CT molecular complexity index is 1410. The molecule has 0 fully saturated rings. The molecule has 0 heterocycles. The number of allylic oxidation sites excluding steroid dienone is 8. The smallest absolute Gasteiger partial charge is 0.306 e. The van der Waals surface area contributed by atoms with Crippen molar-refractivity contribution in [2.24, 2.45) is 0 Å². The lowest BCUT2D eigenvalue weighted by molar-refractivity contribution is -0.167. The molecule has 6 heteroatoms. The zero-order chi connectivity index (χ0) is 59.2. The fourth-order valence-electron chi connectivity index (χ4n) is 11.0. The maximum absolute atomic E-state index is 12.9. The molecular formula is C76H140O6. The molecule has 82 heavy (non-hydrogen) atoms. The third kappa shape index (κ3) is 68.2. The Labute approximate surface area is 511 Å². The van der Waals surface area contributed by atoms with Crippen LogP contribution in [0.2, 0.25) is 0 Å². The van der Waals surface area contributed by atoms with Gasteiger partial charge in [0.15, 0.2) is 6.10 Å². The first-order valence-corrected chi connectivity index (χ1v) is 36.6. The number of carbonyl (C=O) groups excluding carboxylic acids is 3. The molecule has 0 saturated heterocycles. The van der Waals surface area contributed by atoms with E-state index in [1.54, 1.807) is 0 Å². The van der Waals surface area contributed by atoms with E-state index in [9.17, 15) is 14.4 Å². The average Bonchev–Trinajstić information content (AvgIpc) is 3.47. The number of unbranched alkanes of at least 4 members (excludes halogenated alkanes) is 49. The molecule has 480 valence electrons. The summed E-state index contributed by atoms with van der Waals surface area (Å²) in [6.45, 7) is 6.62. The van der Waals surface area contributed by atoms with Crippen LogP contribution in [0.4, 0.5) is 0 Å². The van der Waals surface area contributed by atoms with Crippen LogP contribution in [0.25, 0.3) is 0 Å². The molecule has 0 aliphatic heterocycles. The minimum Gasteiger partial charge on any atom is -0.462 e. The molecule has 1 atom stereocenters. The molecule has 0 aliphatic rings. The third-order valence-corrected chi connectivity index (χ3v) is 16.6. The Morgan fingerprint density at radius 3 is 0.671 bits per heavy atom. The second-order valence-corrected chi connectivity index (χ2v) is 24.9. The van der Waals surface area contributed by atoms with Crippen molar-refractivity contribution in [3.63, 3.8) is 0 Å². The lowest BCUT2D eigenvalue weighted by Crippen LogP contribution is -2.30. The highest BCUT2D eigenvalue weighted by atomic mass is 16.6. The van der Waals surface area contributed by atoms with Crippen LogP contribution in [0, 0.1) is 0 Å². The molecule has 0 saturated carbocycles. The summed E-state index contributed by atoms with van der Waals surface area (Å²) in [5.41, 5.74) is 0. The van der Waals surface area contributed by atoms with E-state index in [1.807, 2.05) is 0 Å². The van der Waals surface area contributed by atoms with Crippen LogP contribution >= 0.6 is 0 Å². The molecular weight excluding hydrogens is 1010 g/mol. The molecule has 0 aromatic carbocycles. The normalized spacial score (nSPS) is 12.3. The number of esters is 3. The van der Waals surface area contributed by atoms with Gasteiger partial charge in [-0.1, -0.05) is 345 Å². The van der Waals surface area contributed by atoms with Crippen molar-refractivity contribution in [1.29, 1.82) is 0 Å². The van der Waals surface area contributed by atoms with E-state index < -0.39 is 6.10 Å². The SMILES string of the molecule is CCCCCCC/C=C\C/C=C\CCCCCCCCCCCCCCCCCCCCCC(=O)OCC(COC(=O)CCCCCCCC)OC(=O)CCCCCCCCCCCCCCCCC/C=C\C/C=C\CCCCCCC. The Morgan fingerprint density at radius 2 is 0.439 bits per heavy atom. The molecule has 0 rings (SSSR count). The summed E-state index contributed by atoms with van der Waals surface area (Å²) in [6.07, 6.45) is 90.5. The molecule has 0 radical (unpaired) electrons. The largest absolute Gasteiger partial charge is 0.462 e. The second kappa shape index (κ2) is 70.9. The second-order valence-electron chi connectivity index (χ2n) is 24.9. The van der Waals surface area contributed by atoms with Crippen LogP contribution in [0.1, 0.15) is 400 Å². The van der Waals surface area contributed by atoms with Gasteiger partial charge in [0.25, 0.3) is 0 Å². The van der Waals surface area contributed by atoms with Gasteiger partial charge in [0.05, 0.1) is 0 Å². The van der Waals surface area contributed by atoms with E-state index in [4.69, 9.17) is 14.2 Å². The first-order chi connectivity index (χ1) is 40.5. The van der Waals surface area contributed by atoms with Gasteiger partial charge in [-0.15, -0.1) is 0 Å². The maximum Gasteiger partial charge on any atom is 0.306 e. The van der Waals surface area contributed by atoms with E-state index in [2.05, 4.69) is 69.4 Å². The Morgan fingerprint density at radius 1 is 0.244 bits per heavy atom. The van der Waals surface area contributed by atoms with Crippen LogP contribution in [0.3, 0.4) is 0 Å². The maximum atomic E-state index is 12.9. The molecule has 0 N–H and O–H groups in total. The summed E-state index contributed by atoms with van der Waals surface area (Å²) < 4.78 is 16.9. The molecule has 1 unspecified atom stereocenters. The molecule has 0 bridgehead atoms. The molecule has 0 aromatic heterocycles. The molecule has 0 spiro atoms. The summed E-state index contributed by atoms with van der Waals surface area (Å²) in [4.78, 5) is 38.1. The van der Waals surface area contributed by atoms with E-state index in [0.717, 1.165) is 70.6 Å². The van der Waals surface area contributed by atoms with Crippen LogP contribution in [-0.4, -0.2) is 37.2 Å². The Hall–Kier alpha value is -2.63. The number of ether oxygens (including phenoxy) is 3. The minimum atomic E-state index is -0.768. The Balaban J connectivity index is 3.96. The lowest BCUT2D eigenvalue weighted by atomic mass is 10.0. The number of hydrogen-bond donors (Lipinski definition) is 0. The third-order valence-electron chi connectivity index (χ3n) is 16.6. The predicted octanol–water partition coefficient (Wildman–Crippen LogP) is 25.3. The fraction of sp³-hybridized carbons (Fsp3) is 0.855. The minimum absolute atomic E-state index is 0.0678. The van der Waals surface area contributed by atoms with Crippen molar-refractivity contribution >= 4 is 17.9 Å². The van der Waals surface area contributed by atoms with Gasteiger partial charge in [0.2, 0.25) is 0 Å². The van der Waals surface area contributed by atoms with E-state index in [-0.39, 0.29) is 31.1 Å². The van der Waals surface area contributed by atoms with Crippen LogP contribution in [0.5, 0.6) is 0 Å². The van der Waals surface area contributed by atoms with Crippen LogP contribution in [0.15, 0.2) is 48.6 Å². The van der Waals surface area contributed by atoms with E-state index in [1.165, 1.54) is 289 Å². The van der Waals surface area contributed by atoms with Gasteiger partial charge in [-0.2, -0.15) is 0 Å². The summed E-state index contributed by atoms with van der Waals surface area (Å²) in [5, 5.41) is 0. The first-order valence-electron chi connectivity index (χ1n) is 36.6. The van der Waals surface area contributed by atoms with Gasteiger partial charge in [0, 0.05) is 19.3 Å². The van der Waals surface area contributed by atoms with Crippen molar-refractivity contribution in [1.82, 2.24) is 0 Å². The summed E-state index contributed by atoms with van der Waals surface area (Å²) in [5.74, 6) is -0.852. The monoisotopic (exact) mass is 1150 g/mol. The zero-order valence-corrected chi connectivity index (χ0v) is 55.3. The van der Waals surface area contributed by atoms with E-state index >= 15 is 0 Å². The molecule has 0 amide bonds. The number of hydrogen-bond acceptors (Lipinski definition) is 6. The zero-order valence-electron chi connectivity index (χ0n) is 55.3. The van der Waals surface area contributed by atoms with Gasteiger partial charge in [0.1, 0.15) is 13.2 Å². The quantitative estimate of drug-likeness (QED) is 0.0261. The van der Waals surface area contributed by atoms with Crippen molar-refractivity contribution in [2.75, 3.05) is 13.2 Å². The fourth-order valence-corrected chi connectivity index (χ4v) is 11.0. The van der Waals surface area contributed by atoms with Crippen molar-refractivity contribution < 1.29 is 28.6 Å². The summed E-state index contributed by atoms with van der Waals surface area (Å²) >= 11 is 0. The summed E-state index contributed by atoms with van der Waals surface area (Å²) in [7, 11) is 0. The van der Waals surface area contributed by atoms with E-state index in [0.29, 0.717) is 19.3 Å². The Kier molecular flexibility index (Phi) is 68.6. The van der Waals surface area contributed by atoms with Crippen molar-refractivity contribution in [3.05, 3.63) is 48.6 Å². The average molecular weight is 1150 g/mol.